The van der Waals surface area contributed by atoms with Crippen LogP contribution in [0.4, 0.5) is 29.2 Å². The van der Waals surface area contributed by atoms with Crippen LogP contribution in [-0.2, 0) is 13.2 Å². The number of fused-ring (bicyclic) bond motifs is 1. The van der Waals surface area contributed by atoms with Crippen molar-refractivity contribution < 1.29 is 27.1 Å². The fourth-order valence-corrected chi connectivity index (χ4v) is 4.04. The highest BCUT2D eigenvalue weighted by atomic mass is 35.5. The van der Waals surface area contributed by atoms with E-state index in [9.17, 15) is 22.4 Å². The first-order chi connectivity index (χ1) is 18.9. The molecular formula is C24H22ClF4N9O2. The predicted molar refractivity (Wildman–Crippen MR) is 141 cm³/mol. The van der Waals surface area contributed by atoms with Gasteiger partial charge in [0.2, 0.25) is 5.95 Å². The van der Waals surface area contributed by atoms with Crippen LogP contribution in [0.1, 0.15) is 15.9 Å². The van der Waals surface area contributed by atoms with Crippen molar-refractivity contribution >= 4 is 52.4 Å². The number of aromatic nitrogens is 3. The number of nitrogens with one attached hydrogen (secondary N) is 4. The van der Waals surface area contributed by atoms with Gasteiger partial charge in [-0.25, -0.2) is 14.4 Å². The van der Waals surface area contributed by atoms with Crippen LogP contribution in [0.25, 0.3) is 11.2 Å². The van der Waals surface area contributed by atoms with E-state index >= 15 is 0 Å². The lowest BCUT2D eigenvalue weighted by molar-refractivity contribution is -0.140. The first kappa shape index (κ1) is 28.4. The summed E-state index contributed by atoms with van der Waals surface area (Å²) in [7, 11) is 5.75. The zero-order valence-corrected chi connectivity index (χ0v) is 22.2. The van der Waals surface area contributed by atoms with E-state index in [-0.39, 0.29) is 39.3 Å². The number of allylic oxidation sites excluding steroid dienone is 1. The third-order valence-electron chi connectivity index (χ3n) is 5.65. The smallest absolute Gasteiger partial charge is 0.419 e. The number of aryl methyl sites for hydroxylation is 1. The van der Waals surface area contributed by atoms with E-state index in [1.165, 1.54) is 38.1 Å². The van der Waals surface area contributed by atoms with E-state index in [1.54, 1.807) is 13.2 Å². The highest BCUT2D eigenvalue weighted by Crippen LogP contribution is 2.37. The molecule has 0 bridgehead atoms. The third kappa shape index (κ3) is 5.27. The van der Waals surface area contributed by atoms with Gasteiger partial charge in [-0.3, -0.25) is 4.79 Å². The van der Waals surface area contributed by atoms with Crippen molar-refractivity contribution in [1.82, 2.24) is 30.1 Å². The average Bonchev–Trinajstić information content (AvgIpc) is 3.23. The second-order valence-corrected chi connectivity index (χ2v) is 8.86. The van der Waals surface area contributed by atoms with Gasteiger partial charge in [0.25, 0.3) is 5.91 Å². The van der Waals surface area contributed by atoms with Crippen LogP contribution < -0.4 is 20.7 Å². The van der Waals surface area contributed by atoms with Crippen molar-refractivity contribution in [2.75, 3.05) is 26.5 Å². The van der Waals surface area contributed by atoms with Gasteiger partial charge in [-0.15, -0.1) is 0 Å². The zero-order valence-electron chi connectivity index (χ0n) is 21.4. The molecule has 4 N–H and O–H groups in total. The average molecular weight is 580 g/mol. The number of alkyl halides is 3. The lowest BCUT2D eigenvalue weighted by atomic mass is 10.1. The molecule has 40 heavy (non-hydrogen) atoms. The highest BCUT2D eigenvalue weighted by molar-refractivity contribution is 6.36. The van der Waals surface area contributed by atoms with Gasteiger partial charge in [0.05, 0.1) is 23.5 Å². The number of hydrogen-bond acceptors (Lipinski definition) is 9. The minimum absolute atomic E-state index is 0.00106. The Labute approximate surface area is 229 Å². The lowest BCUT2D eigenvalue weighted by Gasteiger charge is -2.17. The van der Waals surface area contributed by atoms with E-state index in [2.05, 4.69) is 30.9 Å². The summed E-state index contributed by atoms with van der Waals surface area (Å²) < 4.78 is 62.6. The molecule has 0 saturated carbocycles. The molecule has 0 spiro atoms. The van der Waals surface area contributed by atoms with Gasteiger partial charge in [-0.2, -0.15) is 18.2 Å². The largest absolute Gasteiger partial charge is 0.450 e. The standard InChI is InChI=1S/C24H22ClF4N9O2/c1-31-20-18(32-5-6-33-20)14(9-30)40-15-10-34-21-19(16(15)25)38(4)23(36-21)35-11-7-12(22(39)37(2)3)17(26)13(8-11)24(27,28)29/h5-10,30,32H,1-4H3,(H,31,33)(H,34,35,36)/b18-14+,30-9?. The number of nitrogens with zero attached hydrogens (tertiary/aromatic N) is 5. The van der Waals surface area contributed by atoms with Gasteiger partial charge in [-0.1, -0.05) is 11.6 Å². The second-order valence-electron chi connectivity index (χ2n) is 8.48. The second kappa shape index (κ2) is 10.8. The monoisotopic (exact) mass is 579 g/mol. The first-order valence-electron chi connectivity index (χ1n) is 11.4. The molecule has 0 saturated heterocycles. The summed E-state index contributed by atoms with van der Waals surface area (Å²) in [5.41, 5.74) is -1.89. The third-order valence-corrected chi connectivity index (χ3v) is 6.02. The normalized spacial score (nSPS) is 14.4. The molecule has 4 rings (SSSR count). The molecule has 0 radical (unpaired) electrons. The van der Waals surface area contributed by atoms with Crippen molar-refractivity contribution in [2.24, 2.45) is 12.0 Å². The Morgan fingerprint density at radius 1 is 1.30 bits per heavy atom. The molecule has 0 aliphatic carbocycles. The summed E-state index contributed by atoms with van der Waals surface area (Å²) in [4.78, 5) is 26.0. The highest BCUT2D eigenvalue weighted by Gasteiger charge is 2.37. The number of rotatable bonds is 6. The number of aliphatic imine (C=N–C) groups is 1. The van der Waals surface area contributed by atoms with Gasteiger partial charge in [0.15, 0.2) is 23.0 Å². The minimum Gasteiger partial charge on any atom is -0.450 e. The molecule has 1 aromatic carbocycles. The summed E-state index contributed by atoms with van der Waals surface area (Å²) in [5.74, 6) is -2.11. The Morgan fingerprint density at radius 3 is 2.65 bits per heavy atom. The maximum absolute atomic E-state index is 14.7. The summed E-state index contributed by atoms with van der Waals surface area (Å²) >= 11 is 6.60. The van der Waals surface area contributed by atoms with Crippen LogP contribution >= 0.6 is 11.6 Å². The van der Waals surface area contributed by atoms with E-state index < -0.39 is 29.0 Å². The van der Waals surface area contributed by atoms with E-state index in [4.69, 9.17) is 21.7 Å². The number of amidine groups is 1. The molecule has 16 heteroatoms. The van der Waals surface area contributed by atoms with Gasteiger partial charge in [0.1, 0.15) is 22.1 Å². The number of halogens is 5. The first-order valence-corrected chi connectivity index (χ1v) is 11.8. The Morgan fingerprint density at radius 2 is 2.02 bits per heavy atom. The Bertz CT molecular complexity index is 1610. The number of carbonyl (C=O) groups excluding carboxylic acids is 1. The Kier molecular flexibility index (Phi) is 7.68. The fraction of sp³-hybridized carbons (Fsp3) is 0.208. The molecule has 0 unspecified atom stereocenters. The van der Waals surface area contributed by atoms with Crippen LogP contribution in [0.15, 0.2) is 47.2 Å². The number of likely N-dealkylation sites (N-methyl/N-ethyl adjacent to an activating group) is 1. The van der Waals surface area contributed by atoms with Crippen LogP contribution in [0.5, 0.6) is 5.75 Å². The predicted octanol–water partition coefficient (Wildman–Crippen LogP) is 4.16. The zero-order chi connectivity index (χ0) is 29.4. The molecule has 1 aliphatic rings. The quantitative estimate of drug-likeness (QED) is 0.196. The van der Waals surface area contributed by atoms with Gasteiger partial charge in [0, 0.05) is 46.3 Å². The summed E-state index contributed by atoms with van der Waals surface area (Å²) in [6, 6.07) is 1.50. The molecule has 11 nitrogen and oxygen atoms in total. The number of pyridine rings is 1. The molecular weight excluding hydrogens is 558 g/mol. The molecule has 0 atom stereocenters. The van der Waals surface area contributed by atoms with Crippen molar-refractivity contribution in [1.29, 1.82) is 5.41 Å². The molecule has 3 aromatic rings. The number of hydrogen-bond donors (Lipinski definition) is 4. The van der Waals surface area contributed by atoms with Gasteiger partial charge in [-0.05, 0) is 12.1 Å². The minimum atomic E-state index is -5.06. The number of ether oxygens (including phenoxy) is 1. The van der Waals surface area contributed by atoms with Crippen molar-refractivity contribution in [3.05, 3.63) is 64.2 Å². The molecule has 210 valence electrons. The number of benzene rings is 1. The van der Waals surface area contributed by atoms with Crippen LogP contribution in [0, 0.1) is 11.2 Å². The SMILES string of the molecule is CNC1=NC=CN/C1=C(\C=N)Oc1cnc2nc(Nc3cc(C(=O)N(C)C)c(F)c(C(F)(F)F)c3)n(C)c2c1Cl. The van der Waals surface area contributed by atoms with Crippen molar-refractivity contribution in [2.45, 2.75) is 6.18 Å². The van der Waals surface area contributed by atoms with E-state index in [0.29, 0.717) is 17.6 Å². The lowest BCUT2D eigenvalue weighted by Crippen LogP contribution is -2.31. The molecule has 3 heterocycles. The van der Waals surface area contributed by atoms with Gasteiger partial charge < -0.3 is 35.6 Å². The molecule has 2 aromatic heterocycles. The summed E-state index contributed by atoms with van der Waals surface area (Å²) in [5, 5.41) is 16.3. The maximum Gasteiger partial charge on any atom is 0.419 e. The molecule has 0 fully saturated rings. The maximum atomic E-state index is 14.7. The number of amides is 1. The topological polar surface area (TPSA) is 133 Å². The van der Waals surface area contributed by atoms with E-state index in [0.717, 1.165) is 17.2 Å². The molecule has 1 amide bonds. The number of carbonyl (C=O) groups is 1. The van der Waals surface area contributed by atoms with Gasteiger partial charge >= 0.3 is 6.18 Å². The number of imidazole rings is 1. The van der Waals surface area contributed by atoms with E-state index in [1.807, 2.05) is 0 Å². The fourth-order valence-electron chi connectivity index (χ4n) is 3.74. The van der Waals surface area contributed by atoms with Crippen LogP contribution in [-0.4, -0.2) is 58.5 Å². The summed E-state index contributed by atoms with van der Waals surface area (Å²) in [6.45, 7) is 0. The molecule has 1 aliphatic heterocycles. The Balaban J connectivity index is 1.76. The van der Waals surface area contributed by atoms with Crippen molar-refractivity contribution in [3.63, 3.8) is 0 Å². The van der Waals surface area contributed by atoms with Crippen LogP contribution in [0.3, 0.4) is 0 Å². The number of anilines is 2. The van der Waals surface area contributed by atoms with Crippen LogP contribution in [0.2, 0.25) is 5.02 Å². The Hall–Kier alpha value is -4.66. The summed E-state index contributed by atoms with van der Waals surface area (Å²) in [6.07, 6.45) is 0.217. The van der Waals surface area contributed by atoms with Crippen molar-refractivity contribution in [3.8, 4) is 5.75 Å².